The zero-order valence-electron chi connectivity index (χ0n) is 16.1. The molecule has 4 amide bonds. The third-order valence-electron chi connectivity index (χ3n) is 4.37. The SMILES string of the molecule is CC(C)CC[C@]1(C)NC(=O)N(CC(=O)OCC(=O)Nc2ccccc2Cl)C1=O. The smallest absolute Gasteiger partial charge is 0.326 e. The number of ether oxygens (including phenoxy) is 1. The van der Waals surface area contributed by atoms with Crippen LogP contribution in [0.1, 0.15) is 33.6 Å². The van der Waals surface area contributed by atoms with Gasteiger partial charge in [0.15, 0.2) is 6.61 Å². The molecule has 0 radical (unpaired) electrons. The van der Waals surface area contributed by atoms with Gasteiger partial charge in [0.1, 0.15) is 12.1 Å². The van der Waals surface area contributed by atoms with Crippen molar-refractivity contribution in [2.24, 2.45) is 5.92 Å². The molecule has 0 unspecified atom stereocenters. The van der Waals surface area contributed by atoms with Gasteiger partial charge in [-0.2, -0.15) is 0 Å². The summed E-state index contributed by atoms with van der Waals surface area (Å²) in [5.41, 5.74) is -0.650. The molecule has 28 heavy (non-hydrogen) atoms. The van der Waals surface area contributed by atoms with E-state index in [0.717, 1.165) is 11.3 Å². The van der Waals surface area contributed by atoms with Crippen molar-refractivity contribution < 1.29 is 23.9 Å². The first-order valence-electron chi connectivity index (χ1n) is 8.96. The van der Waals surface area contributed by atoms with E-state index in [2.05, 4.69) is 10.6 Å². The lowest BCUT2D eigenvalue weighted by atomic mass is 9.92. The molecule has 0 spiro atoms. The Balaban J connectivity index is 1.85. The number of anilines is 1. The van der Waals surface area contributed by atoms with Crippen molar-refractivity contribution in [1.82, 2.24) is 10.2 Å². The Bertz CT molecular complexity index is 783. The molecule has 0 bridgehead atoms. The number of para-hydroxylation sites is 1. The van der Waals surface area contributed by atoms with E-state index < -0.39 is 42.5 Å². The molecule has 1 fully saturated rings. The average molecular weight is 410 g/mol. The first-order valence-corrected chi connectivity index (χ1v) is 9.34. The van der Waals surface area contributed by atoms with Crippen LogP contribution in [0.3, 0.4) is 0 Å². The third-order valence-corrected chi connectivity index (χ3v) is 4.70. The van der Waals surface area contributed by atoms with E-state index in [4.69, 9.17) is 16.3 Å². The van der Waals surface area contributed by atoms with E-state index in [-0.39, 0.29) is 0 Å². The van der Waals surface area contributed by atoms with Crippen molar-refractivity contribution in [3.63, 3.8) is 0 Å². The highest BCUT2D eigenvalue weighted by atomic mass is 35.5. The quantitative estimate of drug-likeness (QED) is 0.507. The van der Waals surface area contributed by atoms with Gasteiger partial charge in [0, 0.05) is 0 Å². The molecule has 1 saturated heterocycles. The summed E-state index contributed by atoms with van der Waals surface area (Å²) in [6.07, 6.45) is 1.23. The molecule has 1 aromatic rings. The molecule has 0 saturated carbocycles. The van der Waals surface area contributed by atoms with E-state index in [1.807, 2.05) is 13.8 Å². The molecular weight excluding hydrogens is 386 g/mol. The Morgan fingerprint density at radius 3 is 2.61 bits per heavy atom. The van der Waals surface area contributed by atoms with E-state index in [1.54, 1.807) is 31.2 Å². The summed E-state index contributed by atoms with van der Waals surface area (Å²) in [6, 6.07) is 5.98. The zero-order chi connectivity index (χ0) is 20.9. The molecule has 1 aromatic carbocycles. The standard InChI is InChI=1S/C19H24ClN3O5/c1-12(2)8-9-19(3)17(26)23(18(27)22-19)10-16(25)28-11-15(24)21-14-7-5-4-6-13(14)20/h4-7,12H,8-11H2,1-3H3,(H,21,24)(H,22,27)/t19-/m0/s1. The molecule has 1 heterocycles. The van der Waals surface area contributed by atoms with Crippen LogP contribution in [0, 0.1) is 5.92 Å². The average Bonchev–Trinajstić information content (AvgIpc) is 2.84. The van der Waals surface area contributed by atoms with Crippen LogP contribution in [0.15, 0.2) is 24.3 Å². The van der Waals surface area contributed by atoms with Crippen LogP contribution in [0.5, 0.6) is 0 Å². The maximum Gasteiger partial charge on any atom is 0.326 e. The maximum atomic E-state index is 12.5. The second-order valence-electron chi connectivity index (χ2n) is 7.27. The van der Waals surface area contributed by atoms with Crippen LogP contribution < -0.4 is 10.6 Å². The number of imide groups is 1. The zero-order valence-corrected chi connectivity index (χ0v) is 16.8. The fourth-order valence-electron chi connectivity index (χ4n) is 2.71. The van der Waals surface area contributed by atoms with E-state index in [1.165, 1.54) is 0 Å². The van der Waals surface area contributed by atoms with Crippen molar-refractivity contribution in [1.29, 1.82) is 0 Å². The number of rotatable bonds is 8. The molecule has 9 heteroatoms. The minimum Gasteiger partial charge on any atom is -0.454 e. The fraction of sp³-hybridized carbons (Fsp3) is 0.474. The summed E-state index contributed by atoms with van der Waals surface area (Å²) in [4.78, 5) is 49.3. The number of urea groups is 1. The predicted molar refractivity (Wildman–Crippen MR) is 104 cm³/mol. The highest BCUT2D eigenvalue weighted by Gasteiger charge is 2.48. The van der Waals surface area contributed by atoms with Gasteiger partial charge in [0.2, 0.25) is 0 Å². The number of hydrogen-bond donors (Lipinski definition) is 2. The number of benzene rings is 1. The molecule has 2 rings (SSSR count). The Morgan fingerprint density at radius 1 is 1.29 bits per heavy atom. The molecule has 152 valence electrons. The van der Waals surface area contributed by atoms with E-state index >= 15 is 0 Å². The molecule has 8 nitrogen and oxygen atoms in total. The normalized spacial score (nSPS) is 19.0. The first kappa shape index (κ1) is 21.7. The summed E-state index contributed by atoms with van der Waals surface area (Å²) in [7, 11) is 0. The van der Waals surface area contributed by atoms with Gasteiger partial charge in [-0.15, -0.1) is 0 Å². The Hall–Kier alpha value is -2.61. The van der Waals surface area contributed by atoms with Crippen LogP contribution in [0.4, 0.5) is 10.5 Å². The molecule has 0 aliphatic carbocycles. The predicted octanol–water partition coefficient (Wildman–Crippen LogP) is 2.57. The largest absolute Gasteiger partial charge is 0.454 e. The second kappa shape index (κ2) is 9.05. The lowest BCUT2D eigenvalue weighted by Crippen LogP contribution is -2.44. The summed E-state index contributed by atoms with van der Waals surface area (Å²) in [5, 5.41) is 5.49. The van der Waals surface area contributed by atoms with E-state index in [0.29, 0.717) is 23.0 Å². The van der Waals surface area contributed by atoms with Gasteiger partial charge in [-0.25, -0.2) is 4.79 Å². The van der Waals surface area contributed by atoms with Gasteiger partial charge >= 0.3 is 12.0 Å². The lowest BCUT2D eigenvalue weighted by Gasteiger charge is -2.22. The Labute approximate surface area is 168 Å². The van der Waals surface area contributed by atoms with Gasteiger partial charge in [-0.05, 0) is 37.8 Å². The van der Waals surface area contributed by atoms with Crippen molar-refractivity contribution in [2.45, 2.75) is 39.2 Å². The van der Waals surface area contributed by atoms with E-state index in [9.17, 15) is 19.2 Å². The highest BCUT2D eigenvalue weighted by molar-refractivity contribution is 6.33. The van der Waals surface area contributed by atoms with Gasteiger partial charge in [0.25, 0.3) is 11.8 Å². The molecule has 1 atom stereocenters. The monoisotopic (exact) mass is 409 g/mol. The highest BCUT2D eigenvalue weighted by Crippen LogP contribution is 2.24. The molecular formula is C19H24ClN3O5. The molecule has 1 aliphatic rings. The summed E-state index contributed by atoms with van der Waals surface area (Å²) < 4.78 is 4.87. The Kier molecular flexibility index (Phi) is 7.01. The number of hydrogen-bond acceptors (Lipinski definition) is 5. The van der Waals surface area contributed by atoms with Crippen molar-refractivity contribution in [3.8, 4) is 0 Å². The number of esters is 1. The first-order chi connectivity index (χ1) is 13.1. The van der Waals surface area contributed by atoms with Crippen molar-refractivity contribution >= 4 is 41.1 Å². The van der Waals surface area contributed by atoms with Gasteiger partial charge in [-0.3, -0.25) is 19.3 Å². The van der Waals surface area contributed by atoms with Crippen molar-refractivity contribution in [3.05, 3.63) is 29.3 Å². The molecule has 2 N–H and O–H groups in total. The minimum absolute atomic E-state index is 0.349. The van der Waals surface area contributed by atoms with Crippen molar-refractivity contribution in [2.75, 3.05) is 18.5 Å². The fourth-order valence-corrected chi connectivity index (χ4v) is 2.89. The summed E-state index contributed by atoms with van der Waals surface area (Å²) in [6.45, 7) is 4.57. The Morgan fingerprint density at radius 2 is 1.96 bits per heavy atom. The van der Waals surface area contributed by atoms with Crippen LogP contribution in [-0.4, -0.2) is 47.4 Å². The van der Waals surface area contributed by atoms with Crippen LogP contribution in [0.2, 0.25) is 5.02 Å². The number of carbonyl (C=O) groups is 4. The van der Waals surface area contributed by atoms with Crippen LogP contribution >= 0.6 is 11.6 Å². The van der Waals surface area contributed by atoms with Gasteiger partial charge < -0.3 is 15.4 Å². The number of halogens is 1. The number of amides is 4. The van der Waals surface area contributed by atoms with Crippen LogP contribution in [-0.2, 0) is 19.1 Å². The van der Waals surface area contributed by atoms with Gasteiger partial charge in [-0.1, -0.05) is 37.6 Å². The lowest BCUT2D eigenvalue weighted by molar-refractivity contribution is -0.150. The minimum atomic E-state index is -1.04. The van der Waals surface area contributed by atoms with Gasteiger partial charge in [0.05, 0.1) is 10.7 Å². The van der Waals surface area contributed by atoms with Crippen LogP contribution in [0.25, 0.3) is 0 Å². The molecule has 1 aliphatic heterocycles. The number of nitrogens with zero attached hydrogens (tertiary/aromatic N) is 1. The summed E-state index contributed by atoms with van der Waals surface area (Å²) >= 11 is 5.94. The topological polar surface area (TPSA) is 105 Å². The number of carbonyl (C=O) groups excluding carboxylic acids is 4. The number of nitrogens with one attached hydrogen (secondary N) is 2. The second-order valence-corrected chi connectivity index (χ2v) is 7.68. The third kappa shape index (κ3) is 5.45. The summed E-state index contributed by atoms with van der Waals surface area (Å²) in [5.74, 6) is -1.54. The maximum absolute atomic E-state index is 12.5. The molecule has 0 aromatic heterocycles.